The maximum absolute atomic E-state index is 13.1. The third-order valence-corrected chi connectivity index (χ3v) is 9.10. The van der Waals surface area contributed by atoms with Gasteiger partial charge < -0.3 is 9.47 Å². The van der Waals surface area contributed by atoms with E-state index in [-0.39, 0.29) is 17.5 Å². The van der Waals surface area contributed by atoms with Gasteiger partial charge in [-0.2, -0.15) is 0 Å². The van der Waals surface area contributed by atoms with Crippen LogP contribution in [-0.2, 0) is 14.3 Å². The fraction of sp³-hybridized carbons (Fsp3) is 0.952. The maximum atomic E-state index is 13.1. The molecule has 1 heterocycles. The molecule has 0 amide bonds. The molecule has 0 aromatic carbocycles. The molecule has 5 saturated carbocycles. The molecular formula is C21H30O3. The van der Waals surface area contributed by atoms with E-state index in [1.165, 1.54) is 32.1 Å². The van der Waals surface area contributed by atoms with E-state index in [0.717, 1.165) is 55.3 Å². The van der Waals surface area contributed by atoms with Crippen molar-refractivity contribution in [3.63, 3.8) is 0 Å². The summed E-state index contributed by atoms with van der Waals surface area (Å²) in [6.45, 7) is 2.20. The summed E-state index contributed by atoms with van der Waals surface area (Å²) in [7, 11) is 0. The lowest BCUT2D eigenvalue weighted by molar-refractivity contribution is -0.172. The zero-order valence-corrected chi connectivity index (χ0v) is 14.8. The van der Waals surface area contributed by atoms with Crippen LogP contribution >= 0.6 is 0 Å². The second kappa shape index (κ2) is 4.78. The minimum absolute atomic E-state index is 0.129. The molecular weight excluding hydrogens is 300 g/mol. The van der Waals surface area contributed by atoms with E-state index in [9.17, 15) is 4.79 Å². The highest BCUT2D eigenvalue weighted by Crippen LogP contribution is 2.73. The number of ether oxygens (including phenoxy) is 2. The van der Waals surface area contributed by atoms with E-state index >= 15 is 0 Å². The molecule has 6 fully saturated rings. The Labute approximate surface area is 144 Å². The molecule has 0 N–H and O–H groups in total. The second-order valence-electron chi connectivity index (χ2n) is 9.80. The van der Waals surface area contributed by atoms with E-state index in [0.29, 0.717) is 18.1 Å². The van der Waals surface area contributed by atoms with Crippen molar-refractivity contribution < 1.29 is 14.3 Å². The number of fused-ring (bicyclic) bond motifs is 12. The highest BCUT2D eigenvalue weighted by molar-refractivity contribution is 5.74. The number of rotatable bonds is 3. The van der Waals surface area contributed by atoms with Crippen molar-refractivity contribution in [3.8, 4) is 0 Å². The Hall–Kier alpha value is -0.570. The van der Waals surface area contributed by atoms with Crippen LogP contribution in [0.25, 0.3) is 0 Å². The molecule has 132 valence electrons. The van der Waals surface area contributed by atoms with Gasteiger partial charge in [0.2, 0.25) is 0 Å². The summed E-state index contributed by atoms with van der Waals surface area (Å²) in [6, 6.07) is 0. The van der Waals surface area contributed by atoms with Crippen molar-refractivity contribution in [3.05, 3.63) is 0 Å². The summed E-state index contributed by atoms with van der Waals surface area (Å²) in [5.41, 5.74) is -0.129. The monoisotopic (exact) mass is 330 g/mol. The van der Waals surface area contributed by atoms with Crippen LogP contribution in [0.3, 0.4) is 0 Å². The highest BCUT2D eigenvalue weighted by Gasteiger charge is 2.74. The number of carbonyl (C=O) groups is 1. The van der Waals surface area contributed by atoms with Crippen molar-refractivity contribution in [2.75, 3.05) is 0 Å². The lowest BCUT2D eigenvalue weighted by Gasteiger charge is -2.40. The molecule has 5 aliphatic carbocycles. The van der Waals surface area contributed by atoms with Gasteiger partial charge >= 0.3 is 5.97 Å². The van der Waals surface area contributed by atoms with Crippen LogP contribution in [0, 0.1) is 41.4 Å². The lowest BCUT2D eigenvalue weighted by Crippen LogP contribution is -2.43. The van der Waals surface area contributed by atoms with Crippen LogP contribution in [0.15, 0.2) is 0 Å². The number of hydrogen-bond donors (Lipinski definition) is 0. The Morgan fingerprint density at radius 3 is 2.50 bits per heavy atom. The first-order chi connectivity index (χ1) is 11.7. The molecule has 9 atom stereocenters. The molecule has 6 rings (SSSR count). The maximum Gasteiger partial charge on any atom is 0.309 e. The van der Waals surface area contributed by atoms with Crippen LogP contribution in [-0.4, -0.2) is 23.8 Å². The Bertz CT molecular complexity index is 565. The number of hydrogen-bond acceptors (Lipinski definition) is 3. The first-order valence-corrected chi connectivity index (χ1v) is 10.6. The summed E-state index contributed by atoms with van der Waals surface area (Å²) < 4.78 is 12.2. The van der Waals surface area contributed by atoms with Crippen molar-refractivity contribution in [2.45, 2.75) is 82.5 Å². The first kappa shape index (κ1) is 14.6. The minimum atomic E-state index is -0.129. The Kier molecular flexibility index (Phi) is 2.90. The first-order valence-electron chi connectivity index (χ1n) is 10.6. The molecule has 0 aromatic heterocycles. The quantitative estimate of drug-likeness (QED) is 0.447. The largest absolute Gasteiger partial charge is 0.459 e. The van der Waals surface area contributed by atoms with Gasteiger partial charge in [-0.15, -0.1) is 0 Å². The van der Waals surface area contributed by atoms with Crippen molar-refractivity contribution in [1.82, 2.24) is 0 Å². The molecule has 0 spiro atoms. The normalized spacial score (nSPS) is 55.3. The van der Waals surface area contributed by atoms with Gasteiger partial charge in [-0.3, -0.25) is 4.79 Å². The topological polar surface area (TPSA) is 38.8 Å². The van der Waals surface area contributed by atoms with Gasteiger partial charge in [-0.25, -0.2) is 0 Å². The van der Waals surface area contributed by atoms with E-state index in [4.69, 9.17) is 9.47 Å². The SMILES string of the molecule is CCC1(OC(=O)C2CC3CC2C2C4CC(C5OC45)C32)CCCCC1. The fourth-order valence-electron chi connectivity index (χ4n) is 8.13. The highest BCUT2D eigenvalue weighted by atomic mass is 16.6. The van der Waals surface area contributed by atoms with Gasteiger partial charge in [0.25, 0.3) is 0 Å². The van der Waals surface area contributed by atoms with E-state index in [2.05, 4.69) is 6.92 Å². The van der Waals surface area contributed by atoms with Crippen molar-refractivity contribution >= 4 is 5.97 Å². The average Bonchev–Trinajstić information content (AvgIpc) is 2.95. The Balaban J connectivity index is 1.20. The summed E-state index contributed by atoms with van der Waals surface area (Å²) in [5.74, 6) is 5.09. The van der Waals surface area contributed by atoms with Crippen molar-refractivity contribution in [2.24, 2.45) is 41.4 Å². The summed E-state index contributed by atoms with van der Waals surface area (Å²) >= 11 is 0. The predicted molar refractivity (Wildman–Crippen MR) is 89.1 cm³/mol. The number of carbonyl (C=O) groups excluding carboxylic acids is 1. The van der Waals surface area contributed by atoms with E-state index in [1.54, 1.807) is 0 Å². The van der Waals surface area contributed by atoms with Crippen LogP contribution in [0.1, 0.15) is 64.7 Å². The molecule has 1 saturated heterocycles. The molecule has 3 heteroatoms. The van der Waals surface area contributed by atoms with Gasteiger partial charge in [0.1, 0.15) is 5.60 Å². The average molecular weight is 330 g/mol. The van der Waals surface area contributed by atoms with Crippen molar-refractivity contribution in [1.29, 1.82) is 0 Å². The summed E-state index contributed by atoms with van der Waals surface area (Å²) in [4.78, 5) is 13.1. The van der Waals surface area contributed by atoms with Gasteiger partial charge in [-0.05, 0) is 86.9 Å². The van der Waals surface area contributed by atoms with E-state index < -0.39 is 0 Å². The molecule has 0 radical (unpaired) electrons. The molecule has 1 aliphatic heterocycles. The Morgan fingerprint density at radius 2 is 1.75 bits per heavy atom. The minimum Gasteiger partial charge on any atom is -0.459 e. The van der Waals surface area contributed by atoms with E-state index in [1.807, 2.05) is 0 Å². The van der Waals surface area contributed by atoms with Gasteiger partial charge in [0.15, 0.2) is 0 Å². The van der Waals surface area contributed by atoms with Gasteiger partial charge in [0, 0.05) is 0 Å². The van der Waals surface area contributed by atoms with Crippen LogP contribution < -0.4 is 0 Å². The fourth-order valence-corrected chi connectivity index (χ4v) is 8.13. The van der Waals surface area contributed by atoms with Crippen LogP contribution in [0.4, 0.5) is 0 Å². The molecule has 4 bridgehead atoms. The molecule has 3 nitrogen and oxygen atoms in total. The van der Waals surface area contributed by atoms with Crippen LogP contribution in [0.5, 0.6) is 0 Å². The molecule has 0 aromatic rings. The molecule has 6 aliphatic rings. The van der Waals surface area contributed by atoms with Gasteiger partial charge in [0.05, 0.1) is 18.1 Å². The summed E-state index contributed by atoms with van der Waals surface area (Å²) in [5, 5.41) is 0. The molecule has 9 unspecified atom stereocenters. The third-order valence-electron chi connectivity index (χ3n) is 9.10. The second-order valence-corrected chi connectivity index (χ2v) is 9.80. The Morgan fingerprint density at radius 1 is 1.00 bits per heavy atom. The molecule has 24 heavy (non-hydrogen) atoms. The van der Waals surface area contributed by atoms with Gasteiger partial charge in [-0.1, -0.05) is 13.3 Å². The lowest BCUT2D eigenvalue weighted by atomic mass is 9.67. The number of esters is 1. The third kappa shape index (κ3) is 1.75. The standard InChI is InChI=1S/C21H30O3/c1-2-21(6-4-3-5-7-21)24-20(22)13-9-11-8-12(13)17-15-10-14(16(11)17)18-19(15)23-18/h11-19H,2-10H2,1H3. The zero-order chi connectivity index (χ0) is 16.1. The smallest absolute Gasteiger partial charge is 0.309 e. The zero-order valence-electron chi connectivity index (χ0n) is 14.8. The number of epoxide rings is 1. The predicted octanol–water partition coefficient (Wildman–Crippen LogP) is 3.95. The summed E-state index contributed by atoms with van der Waals surface area (Å²) in [6.07, 6.45) is 12.0. The van der Waals surface area contributed by atoms with Crippen LogP contribution in [0.2, 0.25) is 0 Å².